The van der Waals surface area contributed by atoms with Crippen LogP contribution < -0.4 is 10.6 Å². The third-order valence-corrected chi connectivity index (χ3v) is 5.11. The van der Waals surface area contributed by atoms with Gasteiger partial charge in [0, 0.05) is 39.3 Å². The van der Waals surface area contributed by atoms with Crippen LogP contribution in [-0.4, -0.2) is 62.8 Å². The Morgan fingerprint density at radius 2 is 1.96 bits per heavy atom. The lowest BCUT2D eigenvalue weighted by atomic mass is 9.94. The Balaban J connectivity index is 0.00000264. The first kappa shape index (κ1) is 21.0. The fraction of sp³-hybridized carbons (Fsp3) is 0.941. The van der Waals surface area contributed by atoms with Gasteiger partial charge in [-0.3, -0.25) is 4.99 Å². The number of rotatable bonds is 6. The lowest BCUT2D eigenvalue weighted by molar-refractivity contribution is 0.0243. The van der Waals surface area contributed by atoms with Crippen LogP contribution >= 0.6 is 24.0 Å². The highest BCUT2D eigenvalue weighted by Crippen LogP contribution is 2.23. The van der Waals surface area contributed by atoms with Crippen LogP contribution in [0.25, 0.3) is 0 Å². The molecule has 2 fully saturated rings. The Morgan fingerprint density at radius 3 is 2.57 bits per heavy atom. The molecule has 2 aliphatic rings. The number of hydrogen-bond acceptors (Lipinski definition) is 3. The van der Waals surface area contributed by atoms with Crippen molar-refractivity contribution in [3.05, 3.63) is 0 Å². The molecule has 1 aliphatic carbocycles. The second kappa shape index (κ2) is 10.7. The summed E-state index contributed by atoms with van der Waals surface area (Å²) >= 11 is 0. The molecule has 0 aromatic carbocycles. The fourth-order valence-corrected chi connectivity index (χ4v) is 3.52. The van der Waals surface area contributed by atoms with E-state index in [0.29, 0.717) is 0 Å². The molecule has 0 amide bonds. The molecule has 0 aromatic rings. The van der Waals surface area contributed by atoms with E-state index >= 15 is 0 Å². The highest BCUT2D eigenvalue weighted by molar-refractivity contribution is 14.0. The molecule has 0 aromatic heterocycles. The van der Waals surface area contributed by atoms with Crippen LogP contribution in [-0.2, 0) is 4.74 Å². The Kier molecular flexibility index (Phi) is 9.77. The number of guanidine groups is 1. The number of ether oxygens (including phenoxy) is 1. The molecule has 1 saturated carbocycles. The summed E-state index contributed by atoms with van der Waals surface area (Å²) in [5.74, 6) is 0.883. The normalized spacial score (nSPS) is 26.2. The van der Waals surface area contributed by atoms with Gasteiger partial charge in [-0.05, 0) is 39.7 Å². The standard InChI is InChI=1S/C17H34N4O.HI/c1-17(10-7-13-22-17)14-20-16(18-2)19-11-12-21(3)15-8-5-4-6-9-15;/h15H,4-14H2,1-3H3,(H2,18,19,20);1H. The predicted molar refractivity (Wildman–Crippen MR) is 108 cm³/mol. The Morgan fingerprint density at radius 1 is 1.22 bits per heavy atom. The van der Waals surface area contributed by atoms with E-state index in [1.165, 1.54) is 32.1 Å². The maximum absolute atomic E-state index is 5.80. The van der Waals surface area contributed by atoms with Gasteiger partial charge in [-0.25, -0.2) is 0 Å². The van der Waals surface area contributed by atoms with Crippen LogP contribution in [0.3, 0.4) is 0 Å². The zero-order chi connectivity index (χ0) is 15.8. The molecule has 5 nitrogen and oxygen atoms in total. The van der Waals surface area contributed by atoms with Crippen molar-refractivity contribution >= 4 is 29.9 Å². The third kappa shape index (κ3) is 7.13. The van der Waals surface area contributed by atoms with Crippen molar-refractivity contribution in [2.75, 3.05) is 40.3 Å². The summed E-state index contributed by atoms with van der Waals surface area (Å²) in [7, 11) is 4.08. The van der Waals surface area contributed by atoms with Gasteiger partial charge >= 0.3 is 0 Å². The second-order valence-electron chi connectivity index (χ2n) is 7.03. The average Bonchev–Trinajstić information content (AvgIpc) is 2.98. The first-order chi connectivity index (χ1) is 10.6. The van der Waals surface area contributed by atoms with E-state index in [1.54, 1.807) is 0 Å². The van der Waals surface area contributed by atoms with Gasteiger partial charge in [0.05, 0.1) is 5.60 Å². The molecular weight excluding hydrogens is 403 g/mol. The van der Waals surface area contributed by atoms with Gasteiger partial charge < -0.3 is 20.3 Å². The van der Waals surface area contributed by atoms with Crippen LogP contribution in [0, 0.1) is 0 Å². The monoisotopic (exact) mass is 438 g/mol. The molecule has 6 heteroatoms. The molecule has 0 bridgehead atoms. The van der Waals surface area contributed by atoms with Crippen molar-refractivity contribution in [1.29, 1.82) is 0 Å². The molecule has 0 radical (unpaired) electrons. The maximum atomic E-state index is 5.80. The van der Waals surface area contributed by atoms with Crippen molar-refractivity contribution in [1.82, 2.24) is 15.5 Å². The summed E-state index contributed by atoms with van der Waals surface area (Å²) in [5.41, 5.74) is -0.0312. The zero-order valence-corrected chi connectivity index (χ0v) is 17.4. The van der Waals surface area contributed by atoms with Crippen LogP contribution in [0.5, 0.6) is 0 Å². The minimum Gasteiger partial charge on any atom is -0.373 e. The lowest BCUT2D eigenvalue weighted by Gasteiger charge is -2.31. The quantitative estimate of drug-likeness (QED) is 0.380. The molecule has 23 heavy (non-hydrogen) atoms. The Labute approximate surface area is 159 Å². The van der Waals surface area contributed by atoms with Crippen LogP contribution in [0.4, 0.5) is 0 Å². The molecule has 1 unspecified atom stereocenters. The zero-order valence-electron chi connectivity index (χ0n) is 15.1. The largest absolute Gasteiger partial charge is 0.373 e. The minimum atomic E-state index is -0.0312. The molecule has 2 rings (SSSR count). The number of nitrogens with one attached hydrogen (secondary N) is 2. The summed E-state index contributed by atoms with van der Waals surface area (Å²) in [6.45, 7) is 5.89. The van der Waals surface area contributed by atoms with Crippen molar-refractivity contribution in [2.24, 2.45) is 4.99 Å². The van der Waals surface area contributed by atoms with E-state index in [1.807, 2.05) is 7.05 Å². The number of hydrogen-bond donors (Lipinski definition) is 2. The molecule has 1 atom stereocenters. The number of nitrogens with zero attached hydrogens (tertiary/aromatic N) is 2. The van der Waals surface area contributed by atoms with Gasteiger partial charge in [0.1, 0.15) is 0 Å². The molecule has 2 N–H and O–H groups in total. The molecular formula is C17H35IN4O. The van der Waals surface area contributed by atoms with Gasteiger partial charge in [0.25, 0.3) is 0 Å². The summed E-state index contributed by atoms with van der Waals surface area (Å²) in [6, 6.07) is 0.774. The maximum Gasteiger partial charge on any atom is 0.191 e. The molecule has 0 spiro atoms. The van der Waals surface area contributed by atoms with E-state index in [9.17, 15) is 0 Å². The molecule has 1 aliphatic heterocycles. The summed E-state index contributed by atoms with van der Waals surface area (Å²) in [6.07, 6.45) is 9.21. The van der Waals surface area contributed by atoms with E-state index in [-0.39, 0.29) is 29.6 Å². The van der Waals surface area contributed by atoms with Gasteiger partial charge in [-0.2, -0.15) is 0 Å². The minimum absolute atomic E-state index is 0. The van der Waals surface area contributed by atoms with Crippen molar-refractivity contribution in [3.63, 3.8) is 0 Å². The third-order valence-electron chi connectivity index (χ3n) is 5.11. The van der Waals surface area contributed by atoms with E-state index in [0.717, 1.165) is 51.1 Å². The Bertz CT molecular complexity index is 353. The second-order valence-corrected chi connectivity index (χ2v) is 7.03. The summed E-state index contributed by atoms with van der Waals surface area (Å²) in [4.78, 5) is 6.81. The van der Waals surface area contributed by atoms with Crippen LogP contribution in [0.15, 0.2) is 4.99 Å². The smallest absolute Gasteiger partial charge is 0.191 e. The van der Waals surface area contributed by atoms with Crippen molar-refractivity contribution in [3.8, 4) is 0 Å². The highest BCUT2D eigenvalue weighted by Gasteiger charge is 2.29. The van der Waals surface area contributed by atoms with Gasteiger partial charge in [-0.1, -0.05) is 19.3 Å². The van der Waals surface area contributed by atoms with Gasteiger partial charge in [-0.15, -0.1) is 24.0 Å². The summed E-state index contributed by atoms with van der Waals surface area (Å²) < 4.78 is 5.80. The van der Waals surface area contributed by atoms with Crippen LogP contribution in [0.2, 0.25) is 0 Å². The first-order valence-electron chi connectivity index (χ1n) is 8.92. The van der Waals surface area contributed by atoms with Gasteiger partial charge in [0.15, 0.2) is 5.96 Å². The van der Waals surface area contributed by atoms with Crippen molar-refractivity contribution in [2.45, 2.75) is 63.5 Å². The SMILES string of the molecule is CN=C(NCCN(C)C1CCCCC1)NCC1(C)CCCO1.I. The number of aliphatic imine (C=N–C) groups is 1. The lowest BCUT2D eigenvalue weighted by Crippen LogP contribution is -2.47. The van der Waals surface area contributed by atoms with Crippen LogP contribution in [0.1, 0.15) is 51.9 Å². The molecule has 1 saturated heterocycles. The fourth-order valence-electron chi connectivity index (χ4n) is 3.52. The predicted octanol–water partition coefficient (Wildman–Crippen LogP) is 2.60. The topological polar surface area (TPSA) is 48.9 Å². The number of halogens is 1. The van der Waals surface area contributed by atoms with Gasteiger partial charge in [0.2, 0.25) is 0 Å². The summed E-state index contributed by atoms with van der Waals surface area (Å²) in [5, 5.41) is 6.82. The Hall–Kier alpha value is -0.0800. The van der Waals surface area contributed by atoms with E-state index < -0.39 is 0 Å². The van der Waals surface area contributed by atoms with E-state index in [2.05, 4.69) is 34.5 Å². The highest BCUT2D eigenvalue weighted by atomic mass is 127. The number of likely N-dealkylation sites (N-methyl/N-ethyl adjacent to an activating group) is 1. The van der Waals surface area contributed by atoms with E-state index in [4.69, 9.17) is 4.74 Å². The average molecular weight is 438 g/mol. The van der Waals surface area contributed by atoms with Crippen molar-refractivity contribution < 1.29 is 4.74 Å². The molecule has 1 heterocycles. The first-order valence-corrected chi connectivity index (χ1v) is 8.92. The molecule has 136 valence electrons.